The Bertz CT molecular complexity index is 905. The first-order valence-electron chi connectivity index (χ1n) is 9.74. The molecule has 0 radical (unpaired) electrons. The molecular formula is C21H29IN4OS2. The molecule has 0 spiro atoms. The van der Waals surface area contributed by atoms with E-state index in [-0.39, 0.29) is 24.0 Å². The second kappa shape index (κ2) is 11.8. The number of hydrogen-bond acceptors (Lipinski definition) is 5. The summed E-state index contributed by atoms with van der Waals surface area (Å²) >= 11 is 3.40. The van der Waals surface area contributed by atoms with Gasteiger partial charge in [-0.3, -0.25) is 4.99 Å². The quantitative estimate of drug-likeness (QED) is 0.219. The van der Waals surface area contributed by atoms with Gasteiger partial charge in [-0.15, -0.1) is 46.7 Å². The van der Waals surface area contributed by atoms with Gasteiger partial charge < -0.3 is 15.7 Å². The average Bonchev–Trinajstić information content (AvgIpc) is 3.28. The molecule has 3 aromatic rings. The highest BCUT2D eigenvalue weighted by Crippen LogP contribution is 2.29. The van der Waals surface area contributed by atoms with Gasteiger partial charge in [-0.1, -0.05) is 25.1 Å². The molecule has 29 heavy (non-hydrogen) atoms. The van der Waals surface area contributed by atoms with Crippen LogP contribution in [-0.4, -0.2) is 35.7 Å². The molecule has 8 heteroatoms. The van der Waals surface area contributed by atoms with Crippen LogP contribution in [0.15, 0.2) is 35.3 Å². The van der Waals surface area contributed by atoms with E-state index >= 15 is 0 Å². The zero-order valence-electron chi connectivity index (χ0n) is 17.1. The molecule has 1 aromatic carbocycles. The number of benzene rings is 1. The van der Waals surface area contributed by atoms with Gasteiger partial charge in [0, 0.05) is 34.0 Å². The zero-order valence-corrected chi connectivity index (χ0v) is 21.0. The van der Waals surface area contributed by atoms with E-state index in [9.17, 15) is 5.11 Å². The maximum absolute atomic E-state index is 10.5. The molecule has 0 aliphatic carbocycles. The van der Waals surface area contributed by atoms with Gasteiger partial charge in [0.05, 0.1) is 17.2 Å². The van der Waals surface area contributed by atoms with Crippen molar-refractivity contribution in [3.05, 3.63) is 50.8 Å². The molecule has 1 unspecified atom stereocenters. The number of fused-ring (bicyclic) bond motifs is 1. The van der Waals surface area contributed by atoms with E-state index < -0.39 is 6.10 Å². The van der Waals surface area contributed by atoms with Crippen LogP contribution in [0, 0.1) is 6.92 Å². The topological polar surface area (TPSA) is 69.5 Å². The Kier molecular flexibility index (Phi) is 9.81. The number of guanidine groups is 1. The van der Waals surface area contributed by atoms with E-state index in [2.05, 4.69) is 52.7 Å². The molecule has 0 amide bonds. The summed E-state index contributed by atoms with van der Waals surface area (Å²) < 4.78 is 1.19. The number of halogens is 1. The molecule has 158 valence electrons. The molecule has 3 N–H and O–H groups in total. The predicted molar refractivity (Wildman–Crippen MR) is 136 cm³/mol. The van der Waals surface area contributed by atoms with E-state index in [1.54, 1.807) is 22.7 Å². The van der Waals surface area contributed by atoms with Crippen LogP contribution in [0.4, 0.5) is 0 Å². The first kappa shape index (κ1) is 24.0. The van der Waals surface area contributed by atoms with Gasteiger partial charge in [-0.25, -0.2) is 4.98 Å². The van der Waals surface area contributed by atoms with Crippen molar-refractivity contribution in [3.8, 4) is 0 Å². The minimum Gasteiger partial charge on any atom is -0.386 e. The summed E-state index contributed by atoms with van der Waals surface area (Å²) in [4.78, 5) is 11.5. The normalized spacial score (nSPS) is 12.6. The highest BCUT2D eigenvalue weighted by atomic mass is 127. The van der Waals surface area contributed by atoms with Crippen molar-refractivity contribution in [2.45, 2.75) is 39.7 Å². The number of aliphatic hydroxyl groups is 1. The third-order valence-corrected chi connectivity index (χ3v) is 6.73. The Balaban J connectivity index is 0.00000300. The standard InChI is InChI=1S/C21H28N4OS2.HI/c1-4-16-14(3)27-20(25-16)10-11-23-21(22-5-2)24-13-17(26)19-12-15-8-6-7-9-18(15)28-19;/h6-9,12,17,26H,4-5,10-11,13H2,1-3H3,(H2,22,23,24);1H. The highest BCUT2D eigenvalue weighted by molar-refractivity contribution is 14.0. The zero-order chi connectivity index (χ0) is 19.9. The Hall–Kier alpha value is -1.23. The van der Waals surface area contributed by atoms with Crippen LogP contribution >= 0.6 is 46.7 Å². The Morgan fingerprint density at radius 3 is 2.69 bits per heavy atom. The fourth-order valence-corrected chi connectivity index (χ4v) is 5.05. The van der Waals surface area contributed by atoms with E-state index in [1.165, 1.54) is 20.7 Å². The maximum atomic E-state index is 10.5. The van der Waals surface area contributed by atoms with E-state index in [0.29, 0.717) is 6.54 Å². The van der Waals surface area contributed by atoms with Gasteiger partial charge in [0.15, 0.2) is 5.96 Å². The fraction of sp³-hybridized carbons (Fsp3) is 0.429. The summed E-state index contributed by atoms with van der Waals surface area (Å²) in [6.45, 7) is 8.19. The molecule has 2 aromatic heterocycles. The lowest BCUT2D eigenvalue weighted by Crippen LogP contribution is -2.38. The van der Waals surface area contributed by atoms with Gasteiger partial charge in [0.1, 0.15) is 6.10 Å². The minimum atomic E-state index is -0.596. The lowest BCUT2D eigenvalue weighted by atomic mass is 10.2. The molecule has 0 bridgehead atoms. The number of nitrogens with one attached hydrogen (secondary N) is 2. The SMILES string of the molecule is CCNC(=NCC(O)c1cc2ccccc2s1)NCCc1nc(CC)c(C)s1.I. The number of thiophene rings is 1. The number of aromatic nitrogens is 1. The van der Waals surface area contributed by atoms with Crippen molar-refractivity contribution < 1.29 is 5.11 Å². The van der Waals surface area contributed by atoms with Gasteiger partial charge in [0.25, 0.3) is 0 Å². The molecule has 0 saturated heterocycles. The Labute approximate surface area is 197 Å². The van der Waals surface area contributed by atoms with Crippen LogP contribution in [-0.2, 0) is 12.8 Å². The van der Waals surface area contributed by atoms with Crippen LogP contribution in [0.3, 0.4) is 0 Å². The van der Waals surface area contributed by atoms with Crippen LogP contribution in [0.2, 0.25) is 0 Å². The minimum absolute atomic E-state index is 0. The highest BCUT2D eigenvalue weighted by Gasteiger charge is 2.12. The second-order valence-corrected chi connectivity index (χ2v) is 8.97. The predicted octanol–water partition coefficient (Wildman–Crippen LogP) is 4.68. The van der Waals surface area contributed by atoms with Crippen molar-refractivity contribution in [1.82, 2.24) is 15.6 Å². The van der Waals surface area contributed by atoms with E-state index in [1.807, 2.05) is 19.1 Å². The molecule has 0 saturated carbocycles. The average molecular weight is 545 g/mol. The number of hydrogen-bond donors (Lipinski definition) is 3. The van der Waals surface area contributed by atoms with Gasteiger partial charge in [-0.05, 0) is 37.8 Å². The first-order valence-corrected chi connectivity index (χ1v) is 11.4. The largest absolute Gasteiger partial charge is 0.386 e. The molecule has 0 aliphatic heterocycles. The van der Waals surface area contributed by atoms with E-state index in [4.69, 9.17) is 0 Å². The fourth-order valence-electron chi connectivity index (χ4n) is 2.99. The van der Waals surface area contributed by atoms with Crippen molar-refractivity contribution in [2.75, 3.05) is 19.6 Å². The Morgan fingerprint density at radius 2 is 2.00 bits per heavy atom. The third-order valence-electron chi connectivity index (χ3n) is 4.44. The molecule has 0 aliphatic rings. The van der Waals surface area contributed by atoms with Crippen LogP contribution in [0.5, 0.6) is 0 Å². The summed E-state index contributed by atoms with van der Waals surface area (Å²) in [5.74, 6) is 0.728. The number of rotatable bonds is 8. The molecule has 2 heterocycles. The van der Waals surface area contributed by atoms with Crippen molar-refractivity contribution >= 4 is 62.7 Å². The lowest BCUT2D eigenvalue weighted by molar-refractivity contribution is 0.191. The van der Waals surface area contributed by atoms with Gasteiger partial charge in [-0.2, -0.15) is 0 Å². The monoisotopic (exact) mass is 544 g/mol. The number of aliphatic hydroxyl groups excluding tert-OH is 1. The number of nitrogens with zero attached hydrogens (tertiary/aromatic N) is 2. The smallest absolute Gasteiger partial charge is 0.191 e. The van der Waals surface area contributed by atoms with Crippen molar-refractivity contribution in [2.24, 2.45) is 4.99 Å². The summed E-state index contributed by atoms with van der Waals surface area (Å²) in [5, 5.41) is 19.5. The van der Waals surface area contributed by atoms with Crippen molar-refractivity contribution in [3.63, 3.8) is 0 Å². The molecular weight excluding hydrogens is 515 g/mol. The molecule has 5 nitrogen and oxygen atoms in total. The summed E-state index contributed by atoms with van der Waals surface area (Å²) in [7, 11) is 0. The van der Waals surface area contributed by atoms with E-state index in [0.717, 1.165) is 41.8 Å². The summed E-state index contributed by atoms with van der Waals surface area (Å²) in [6.07, 6.45) is 1.26. The number of thiazole rings is 1. The van der Waals surface area contributed by atoms with Crippen LogP contribution in [0.25, 0.3) is 10.1 Å². The first-order chi connectivity index (χ1) is 13.6. The molecule has 0 fully saturated rings. The summed E-state index contributed by atoms with van der Waals surface area (Å²) in [6, 6.07) is 10.2. The lowest BCUT2D eigenvalue weighted by Gasteiger charge is -2.12. The number of aliphatic imine (C=N–C) groups is 1. The Morgan fingerprint density at radius 1 is 1.21 bits per heavy atom. The van der Waals surface area contributed by atoms with Crippen LogP contribution in [0.1, 0.15) is 40.4 Å². The third kappa shape index (κ3) is 6.63. The molecule has 3 rings (SSSR count). The second-order valence-electron chi connectivity index (χ2n) is 6.56. The number of aryl methyl sites for hydroxylation is 2. The molecule has 1 atom stereocenters. The summed E-state index contributed by atoms with van der Waals surface area (Å²) in [5.41, 5.74) is 1.20. The van der Waals surface area contributed by atoms with Gasteiger partial charge >= 0.3 is 0 Å². The van der Waals surface area contributed by atoms with Gasteiger partial charge in [0.2, 0.25) is 0 Å². The van der Waals surface area contributed by atoms with Crippen molar-refractivity contribution in [1.29, 1.82) is 0 Å². The maximum Gasteiger partial charge on any atom is 0.191 e. The van der Waals surface area contributed by atoms with Crippen LogP contribution < -0.4 is 10.6 Å².